The van der Waals surface area contributed by atoms with Crippen LogP contribution in [0.3, 0.4) is 0 Å². The maximum Gasteiger partial charge on any atom is 0.234 e. The molecule has 31 heavy (non-hydrogen) atoms. The highest BCUT2D eigenvalue weighted by molar-refractivity contribution is 7.99. The topological polar surface area (TPSA) is 69.0 Å². The Balaban J connectivity index is 1.64. The number of anilines is 1. The number of benzene rings is 2. The van der Waals surface area contributed by atoms with Crippen LogP contribution in [0.5, 0.6) is 5.75 Å². The van der Waals surface area contributed by atoms with Crippen molar-refractivity contribution in [3.8, 4) is 17.1 Å². The molecule has 164 valence electrons. The lowest BCUT2D eigenvalue weighted by atomic mass is 10.2. The third kappa shape index (κ3) is 6.15. The molecule has 0 unspecified atom stereocenters. The molecular weight excluding hydrogens is 455 g/mol. The molecule has 1 heterocycles. The van der Waals surface area contributed by atoms with Gasteiger partial charge in [0, 0.05) is 12.1 Å². The number of nitrogens with one attached hydrogen (secondary N) is 1. The number of rotatable bonds is 10. The molecule has 1 amide bonds. The lowest BCUT2D eigenvalue weighted by molar-refractivity contribution is -0.113. The van der Waals surface area contributed by atoms with Gasteiger partial charge in [-0.05, 0) is 49.7 Å². The zero-order chi connectivity index (χ0) is 22.2. The molecule has 0 saturated carbocycles. The molecule has 0 radical (unpaired) electrons. The van der Waals surface area contributed by atoms with Crippen LogP contribution in [0.4, 0.5) is 5.69 Å². The predicted molar refractivity (Wildman–Crippen MR) is 127 cm³/mol. The fraction of sp³-hybridized carbons (Fsp3) is 0.318. The van der Waals surface area contributed by atoms with Crippen LogP contribution in [0.1, 0.15) is 26.7 Å². The molecule has 1 aromatic heterocycles. The van der Waals surface area contributed by atoms with E-state index in [0.717, 1.165) is 30.0 Å². The van der Waals surface area contributed by atoms with E-state index in [1.54, 1.807) is 18.2 Å². The van der Waals surface area contributed by atoms with Crippen molar-refractivity contribution >= 4 is 46.6 Å². The summed E-state index contributed by atoms with van der Waals surface area (Å²) < 4.78 is 7.70. The molecule has 3 rings (SSSR count). The summed E-state index contributed by atoms with van der Waals surface area (Å²) in [4.78, 5) is 12.4. The number of ether oxygens (including phenoxy) is 1. The second kappa shape index (κ2) is 11.4. The van der Waals surface area contributed by atoms with Gasteiger partial charge in [-0.3, -0.25) is 4.79 Å². The van der Waals surface area contributed by atoms with Crippen molar-refractivity contribution in [3.63, 3.8) is 0 Å². The lowest BCUT2D eigenvalue weighted by Crippen LogP contribution is -2.15. The fourth-order valence-corrected chi connectivity index (χ4v) is 4.00. The largest absolute Gasteiger partial charge is 0.494 e. The second-order valence-corrected chi connectivity index (χ2v) is 8.44. The number of hydrogen-bond acceptors (Lipinski definition) is 5. The molecule has 3 aromatic rings. The maximum atomic E-state index is 12.4. The van der Waals surface area contributed by atoms with Crippen molar-refractivity contribution in [2.24, 2.45) is 0 Å². The zero-order valence-corrected chi connectivity index (χ0v) is 19.7. The highest BCUT2D eigenvalue weighted by Crippen LogP contribution is 2.30. The van der Waals surface area contributed by atoms with Crippen LogP contribution >= 0.6 is 35.0 Å². The Hall–Kier alpha value is -2.22. The third-order valence-electron chi connectivity index (χ3n) is 4.47. The number of carbonyl (C=O) groups excluding carboxylic acids is 1. The van der Waals surface area contributed by atoms with Crippen molar-refractivity contribution in [3.05, 3.63) is 52.5 Å². The first-order valence-corrected chi connectivity index (χ1v) is 11.8. The van der Waals surface area contributed by atoms with Crippen LogP contribution in [-0.4, -0.2) is 33.0 Å². The van der Waals surface area contributed by atoms with Gasteiger partial charge in [-0.2, -0.15) is 0 Å². The number of hydrogen-bond donors (Lipinski definition) is 1. The SMILES string of the molecule is CCCCOc1ccc(-c2nnc(SCC(=O)Nc3cccc(Cl)c3Cl)n2CC)cc1. The Bertz CT molecular complexity index is 1020. The standard InChI is InChI=1S/C22H24Cl2N4O2S/c1-3-5-13-30-16-11-9-15(10-12-16)21-26-27-22(28(21)4-2)31-14-19(29)25-18-8-6-7-17(23)20(18)24/h6-12H,3-5,13-14H2,1-2H3,(H,25,29). The molecular formula is C22H24Cl2N4O2S. The van der Waals surface area contributed by atoms with Crippen LogP contribution in [-0.2, 0) is 11.3 Å². The first-order valence-electron chi connectivity index (χ1n) is 10.1. The van der Waals surface area contributed by atoms with E-state index in [0.29, 0.717) is 34.0 Å². The Morgan fingerprint density at radius 2 is 1.90 bits per heavy atom. The summed E-state index contributed by atoms with van der Waals surface area (Å²) >= 11 is 13.4. The van der Waals surface area contributed by atoms with E-state index in [2.05, 4.69) is 22.4 Å². The van der Waals surface area contributed by atoms with Gasteiger partial charge in [-0.15, -0.1) is 10.2 Å². The average molecular weight is 479 g/mol. The van der Waals surface area contributed by atoms with E-state index in [4.69, 9.17) is 27.9 Å². The predicted octanol–water partition coefficient (Wildman–Crippen LogP) is 6.18. The fourth-order valence-electron chi connectivity index (χ4n) is 2.85. The van der Waals surface area contributed by atoms with E-state index >= 15 is 0 Å². The molecule has 0 bridgehead atoms. The molecule has 6 nitrogen and oxygen atoms in total. The second-order valence-electron chi connectivity index (χ2n) is 6.72. The Labute approximate surface area is 196 Å². The van der Waals surface area contributed by atoms with Crippen molar-refractivity contribution < 1.29 is 9.53 Å². The number of unbranched alkanes of at least 4 members (excludes halogenated alkanes) is 1. The maximum absolute atomic E-state index is 12.4. The molecule has 0 aliphatic rings. The smallest absolute Gasteiger partial charge is 0.234 e. The van der Waals surface area contributed by atoms with Crippen LogP contribution in [0.25, 0.3) is 11.4 Å². The van der Waals surface area contributed by atoms with Gasteiger partial charge in [-0.1, -0.05) is 54.4 Å². The third-order valence-corrected chi connectivity index (χ3v) is 6.26. The van der Waals surface area contributed by atoms with Gasteiger partial charge in [0.05, 0.1) is 28.1 Å². The zero-order valence-electron chi connectivity index (χ0n) is 17.4. The van der Waals surface area contributed by atoms with E-state index < -0.39 is 0 Å². The molecule has 0 spiro atoms. The minimum atomic E-state index is -0.199. The normalized spacial score (nSPS) is 10.8. The summed E-state index contributed by atoms with van der Waals surface area (Å²) in [5, 5.41) is 12.8. The van der Waals surface area contributed by atoms with Crippen LogP contribution in [0.15, 0.2) is 47.6 Å². The molecule has 0 aliphatic carbocycles. The first-order chi connectivity index (χ1) is 15.0. The minimum Gasteiger partial charge on any atom is -0.494 e. The summed E-state index contributed by atoms with van der Waals surface area (Å²) in [5.41, 5.74) is 1.43. The number of aromatic nitrogens is 3. The van der Waals surface area contributed by atoms with Gasteiger partial charge in [0.15, 0.2) is 11.0 Å². The quantitative estimate of drug-likeness (QED) is 0.278. The monoisotopic (exact) mass is 478 g/mol. The molecule has 1 N–H and O–H groups in total. The van der Waals surface area contributed by atoms with Crippen molar-refractivity contribution in [1.29, 1.82) is 0 Å². The first kappa shape index (κ1) is 23.4. The van der Waals surface area contributed by atoms with Crippen LogP contribution < -0.4 is 10.1 Å². The van der Waals surface area contributed by atoms with E-state index in [9.17, 15) is 4.79 Å². The number of carbonyl (C=O) groups is 1. The van der Waals surface area contributed by atoms with E-state index in [1.807, 2.05) is 35.8 Å². The van der Waals surface area contributed by atoms with Gasteiger partial charge in [0.25, 0.3) is 0 Å². The van der Waals surface area contributed by atoms with Crippen molar-refractivity contribution in [2.75, 3.05) is 17.7 Å². The highest BCUT2D eigenvalue weighted by Gasteiger charge is 2.15. The summed E-state index contributed by atoms with van der Waals surface area (Å²) in [6, 6.07) is 12.9. The number of amides is 1. The van der Waals surface area contributed by atoms with Gasteiger partial charge in [-0.25, -0.2) is 0 Å². The van der Waals surface area contributed by atoms with Crippen LogP contribution in [0.2, 0.25) is 10.0 Å². The average Bonchev–Trinajstić information content (AvgIpc) is 3.19. The number of nitrogens with zero attached hydrogens (tertiary/aromatic N) is 3. The van der Waals surface area contributed by atoms with Gasteiger partial charge in [0.2, 0.25) is 5.91 Å². The number of thioether (sulfide) groups is 1. The van der Waals surface area contributed by atoms with Crippen molar-refractivity contribution in [1.82, 2.24) is 14.8 Å². The Morgan fingerprint density at radius 1 is 1.13 bits per heavy atom. The minimum absolute atomic E-state index is 0.172. The molecule has 9 heteroatoms. The highest BCUT2D eigenvalue weighted by atomic mass is 35.5. The Kier molecular flexibility index (Phi) is 8.63. The summed E-state index contributed by atoms with van der Waals surface area (Å²) in [7, 11) is 0. The molecule has 0 aliphatic heterocycles. The number of halogens is 2. The van der Waals surface area contributed by atoms with E-state index in [1.165, 1.54) is 11.8 Å². The lowest BCUT2D eigenvalue weighted by Gasteiger charge is -2.10. The molecule has 0 saturated heterocycles. The van der Waals surface area contributed by atoms with Crippen molar-refractivity contribution in [2.45, 2.75) is 38.4 Å². The summed E-state index contributed by atoms with van der Waals surface area (Å²) in [6.07, 6.45) is 2.13. The summed E-state index contributed by atoms with van der Waals surface area (Å²) in [6.45, 7) is 5.55. The molecule has 2 aromatic carbocycles. The molecule has 0 atom stereocenters. The molecule has 0 fully saturated rings. The van der Waals surface area contributed by atoms with Gasteiger partial charge < -0.3 is 14.6 Å². The van der Waals surface area contributed by atoms with Gasteiger partial charge in [0.1, 0.15) is 5.75 Å². The summed E-state index contributed by atoms with van der Waals surface area (Å²) in [5.74, 6) is 1.56. The Morgan fingerprint density at radius 3 is 2.61 bits per heavy atom. The van der Waals surface area contributed by atoms with E-state index in [-0.39, 0.29) is 11.7 Å². The van der Waals surface area contributed by atoms with Gasteiger partial charge >= 0.3 is 0 Å². The van der Waals surface area contributed by atoms with Crippen LogP contribution in [0, 0.1) is 0 Å².